The molecular formula is C10H11BrN4. The fourth-order valence-electron chi connectivity index (χ4n) is 1.93. The Morgan fingerprint density at radius 1 is 1.47 bits per heavy atom. The van der Waals surface area contributed by atoms with Gasteiger partial charge in [-0.1, -0.05) is 0 Å². The number of halogens is 1. The lowest BCUT2D eigenvalue weighted by Gasteiger charge is -2.35. The van der Waals surface area contributed by atoms with Crippen molar-refractivity contribution in [3.05, 3.63) is 22.9 Å². The standard InChI is InChI=1S/C10H11BrN4/c1-14-5-9(6-14)15-4-7-2-8(11)3-12-10(7)13-15/h2-4,9H,5-6H2,1H3. The van der Waals surface area contributed by atoms with E-state index < -0.39 is 0 Å². The van der Waals surface area contributed by atoms with Crippen molar-refractivity contribution in [2.45, 2.75) is 6.04 Å². The van der Waals surface area contributed by atoms with E-state index in [-0.39, 0.29) is 0 Å². The molecule has 0 saturated carbocycles. The number of likely N-dealkylation sites (N-methyl/N-ethyl adjacent to an activating group) is 1. The number of rotatable bonds is 1. The van der Waals surface area contributed by atoms with Crippen LogP contribution in [-0.2, 0) is 0 Å². The molecule has 1 saturated heterocycles. The Bertz CT molecular complexity index is 501. The molecule has 0 N–H and O–H groups in total. The largest absolute Gasteiger partial charge is 0.302 e. The third-order valence-electron chi connectivity index (χ3n) is 2.76. The van der Waals surface area contributed by atoms with Crippen molar-refractivity contribution in [1.82, 2.24) is 19.7 Å². The van der Waals surface area contributed by atoms with Crippen molar-refractivity contribution in [1.29, 1.82) is 0 Å². The minimum atomic E-state index is 0.517. The van der Waals surface area contributed by atoms with Gasteiger partial charge in [0.15, 0.2) is 5.65 Å². The Hall–Kier alpha value is -0.940. The van der Waals surface area contributed by atoms with Crippen LogP contribution in [0.15, 0.2) is 22.9 Å². The summed E-state index contributed by atoms with van der Waals surface area (Å²) in [6.07, 6.45) is 3.86. The van der Waals surface area contributed by atoms with Gasteiger partial charge in [0.1, 0.15) is 0 Å². The third kappa shape index (κ3) is 1.55. The van der Waals surface area contributed by atoms with E-state index in [0.29, 0.717) is 6.04 Å². The van der Waals surface area contributed by atoms with Crippen molar-refractivity contribution in [3.63, 3.8) is 0 Å². The summed E-state index contributed by atoms with van der Waals surface area (Å²) in [6.45, 7) is 2.16. The zero-order chi connectivity index (χ0) is 10.4. The van der Waals surface area contributed by atoms with Gasteiger partial charge in [0.05, 0.1) is 6.04 Å². The Labute approximate surface area is 96.0 Å². The average Bonchev–Trinajstić information content (AvgIpc) is 2.55. The van der Waals surface area contributed by atoms with E-state index in [1.165, 1.54) is 0 Å². The van der Waals surface area contributed by atoms with E-state index in [1.807, 2.05) is 10.7 Å². The molecule has 5 heteroatoms. The lowest BCUT2D eigenvalue weighted by atomic mass is 10.1. The quantitative estimate of drug-likeness (QED) is 0.788. The molecule has 15 heavy (non-hydrogen) atoms. The maximum absolute atomic E-state index is 4.47. The van der Waals surface area contributed by atoms with Gasteiger partial charge in [-0.15, -0.1) is 0 Å². The van der Waals surface area contributed by atoms with Crippen LogP contribution in [0, 0.1) is 0 Å². The maximum atomic E-state index is 4.47. The highest BCUT2D eigenvalue weighted by Gasteiger charge is 2.25. The molecule has 0 aromatic carbocycles. The number of likely N-dealkylation sites (tertiary alicyclic amines) is 1. The molecule has 0 aliphatic carbocycles. The lowest BCUT2D eigenvalue weighted by molar-refractivity contribution is 0.131. The highest BCUT2D eigenvalue weighted by molar-refractivity contribution is 9.10. The number of fused-ring (bicyclic) bond motifs is 1. The molecule has 0 spiro atoms. The number of aromatic nitrogens is 3. The Kier molecular flexibility index (Phi) is 2.03. The molecule has 3 heterocycles. The van der Waals surface area contributed by atoms with E-state index in [2.05, 4.69) is 44.2 Å². The van der Waals surface area contributed by atoms with Crippen molar-refractivity contribution in [3.8, 4) is 0 Å². The minimum Gasteiger partial charge on any atom is -0.302 e. The van der Waals surface area contributed by atoms with Gasteiger partial charge in [-0.25, -0.2) is 4.98 Å². The number of hydrogen-bond donors (Lipinski definition) is 0. The molecule has 1 aliphatic rings. The summed E-state index contributed by atoms with van der Waals surface area (Å²) in [6, 6.07) is 2.57. The fraction of sp³-hybridized carbons (Fsp3) is 0.400. The molecule has 3 rings (SSSR count). The Morgan fingerprint density at radius 3 is 3.00 bits per heavy atom. The van der Waals surface area contributed by atoms with Crippen molar-refractivity contribution in [2.24, 2.45) is 0 Å². The normalized spacial score (nSPS) is 18.3. The van der Waals surface area contributed by atoms with E-state index in [1.54, 1.807) is 6.20 Å². The van der Waals surface area contributed by atoms with Gasteiger partial charge in [-0.2, -0.15) is 5.10 Å². The molecule has 1 fully saturated rings. The third-order valence-corrected chi connectivity index (χ3v) is 3.20. The molecule has 0 amide bonds. The fourth-order valence-corrected chi connectivity index (χ4v) is 2.28. The van der Waals surface area contributed by atoms with Crippen LogP contribution in [0.4, 0.5) is 0 Å². The van der Waals surface area contributed by atoms with Gasteiger partial charge in [0.2, 0.25) is 0 Å². The van der Waals surface area contributed by atoms with Crippen LogP contribution >= 0.6 is 15.9 Å². The van der Waals surface area contributed by atoms with Gasteiger partial charge in [0, 0.05) is 35.3 Å². The highest BCUT2D eigenvalue weighted by Crippen LogP contribution is 2.22. The average molecular weight is 267 g/mol. The zero-order valence-electron chi connectivity index (χ0n) is 8.39. The van der Waals surface area contributed by atoms with Crippen LogP contribution < -0.4 is 0 Å². The molecule has 2 aromatic rings. The molecule has 0 bridgehead atoms. The second-order valence-electron chi connectivity index (χ2n) is 4.05. The smallest absolute Gasteiger partial charge is 0.181 e. The molecule has 78 valence electrons. The van der Waals surface area contributed by atoms with Crippen LogP contribution in [0.2, 0.25) is 0 Å². The van der Waals surface area contributed by atoms with E-state index in [0.717, 1.165) is 28.6 Å². The number of nitrogens with zero attached hydrogens (tertiary/aromatic N) is 4. The van der Waals surface area contributed by atoms with Crippen LogP contribution in [0.3, 0.4) is 0 Å². The van der Waals surface area contributed by atoms with Gasteiger partial charge in [-0.3, -0.25) is 4.68 Å². The second-order valence-corrected chi connectivity index (χ2v) is 4.97. The van der Waals surface area contributed by atoms with Crippen LogP contribution in [-0.4, -0.2) is 39.8 Å². The minimum absolute atomic E-state index is 0.517. The molecule has 2 aromatic heterocycles. The van der Waals surface area contributed by atoms with E-state index in [4.69, 9.17) is 0 Å². The first-order valence-corrected chi connectivity index (χ1v) is 5.70. The zero-order valence-corrected chi connectivity index (χ0v) is 9.98. The summed E-state index contributed by atoms with van der Waals surface area (Å²) in [5.41, 5.74) is 0.827. The SMILES string of the molecule is CN1CC(n2cc3cc(Br)cnc3n2)C1. The Balaban J connectivity index is 1.99. The summed E-state index contributed by atoms with van der Waals surface area (Å²) in [5, 5.41) is 5.56. The van der Waals surface area contributed by atoms with Crippen molar-refractivity contribution in [2.75, 3.05) is 20.1 Å². The summed E-state index contributed by atoms with van der Waals surface area (Å²) in [5.74, 6) is 0. The highest BCUT2D eigenvalue weighted by atomic mass is 79.9. The summed E-state index contributed by atoms with van der Waals surface area (Å²) >= 11 is 3.41. The van der Waals surface area contributed by atoms with Crippen LogP contribution in [0.1, 0.15) is 6.04 Å². The van der Waals surface area contributed by atoms with E-state index >= 15 is 0 Å². The molecule has 4 nitrogen and oxygen atoms in total. The topological polar surface area (TPSA) is 34.0 Å². The van der Waals surface area contributed by atoms with Crippen LogP contribution in [0.25, 0.3) is 11.0 Å². The predicted molar refractivity (Wildman–Crippen MR) is 61.8 cm³/mol. The monoisotopic (exact) mass is 266 g/mol. The van der Waals surface area contributed by atoms with Gasteiger partial charge in [0.25, 0.3) is 0 Å². The van der Waals surface area contributed by atoms with Crippen molar-refractivity contribution < 1.29 is 0 Å². The molecule has 1 aliphatic heterocycles. The second kappa shape index (κ2) is 3.28. The summed E-state index contributed by atoms with van der Waals surface area (Å²) < 4.78 is 3.03. The molecule has 0 atom stereocenters. The van der Waals surface area contributed by atoms with Crippen molar-refractivity contribution >= 4 is 27.0 Å². The molecular weight excluding hydrogens is 256 g/mol. The summed E-state index contributed by atoms with van der Waals surface area (Å²) in [4.78, 5) is 6.55. The van der Waals surface area contributed by atoms with Crippen LogP contribution in [0.5, 0.6) is 0 Å². The first-order valence-electron chi connectivity index (χ1n) is 4.91. The number of pyridine rings is 1. The lowest BCUT2D eigenvalue weighted by Crippen LogP contribution is -2.45. The van der Waals surface area contributed by atoms with E-state index in [9.17, 15) is 0 Å². The molecule has 0 unspecified atom stereocenters. The van der Waals surface area contributed by atoms with Gasteiger partial charge >= 0.3 is 0 Å². The molecule has 0 radical (unpaired) electrons. The predicted octanol–water partition coefficient (Wildman–Crippen LogP) is 1.68. The number of hydrogen-bond acceptors (Lipinski definition) is 3. The Morgan fingerprint density at radius 2 is 2.27 bits per heavy atom. The first kappa shape index (κ1) is 9.30. The van der Waals surface area contributed by atoms with Gasteiger partial charge in [-0.05, 0) is 29.0 Å². The van der Waals surface area contributed by atoms with Gasteiger partial charge < -0.3 is 4.90 Å². The summed E-state index contributed by atoms with van der Waals surface area (Å²) in [7, 11) is 2.12. The maximum Gasteiger partial charge on any atom is 0.181 e. The first-order chi connectivity index (χ1) is 7.22.